The molecule has 4 heteroatoms. The lowest BCUT2D eigenvalue weighted by atomic mass is 10.3. The Hall–Kier alpha value is -2.10. The summed E-state index contributed by atoms with van der Waals surface area (Å²) in [6, 6.07) is 10.0. The molecule has 2 aromatic rings. The predicted molar refractivity (Wildman–Crippen MR) is 74.0 cm³/mol. The van der Waals surface area contributed by atoms with Crippen LogP contribution in [-0.4, -0.2) is 17.6 Å². The second kappa shape index (κ2) is 6.18. The van der Waals surface area contributed by atoms with Crippen LogP contribution < -0.4 is 10.1 Å². The molecule has 0 radical (unpaired) electrons. The van der Waals surface area contributed by atoms with Crippen LogP contribution in [0.25, 0.3) is 0 Å². The van der Waals surface area contributed by atoms with E-state index in [1.54, 1.807) is 18.3 Å². The van der Waals surface area contributed by atoms with Crippen LogP contribution in [0.15, 0.2) is 42.6 Å². The third-order valence-corrected chi connectivity index (χ3v) is 2.62. The summed E-state index contributed by atoms with van der Waals surface area (Å²) in [7, 11) is 0. The highest BCUT2D eigenvalue weighted by atomic mass is 19.1. The van der Waals surface area contributed by atoms with E-state index in [-0.39, 0.29) is 11.9 Å². The van der Waals surface area contributed by atoms with Gasteiger partial charge in [-0.25, -0.2) is 4.39 Å². The quantitative estimate of drug-likeness (QED) is 0.894. The average molecular weight is 260 g/mol. The molecular weight excluding hydrogens is 243 g/mol. The third kappa shape index (κ3) is 4.25. The summed E-state index contributed by atoms with van der Waals surface area (Å²) in [4.78, 5) is 4.13. The molecule has 0 saturated heterocycles. The Morgan fingerprint density at radius 2 is 2.16 bits per heavy atom. The number of ether oxygens (including phenoxy) is 1. The lowest BCUT2D eigenvalue weighted by molar-refractivity contribution is 0.234. The number of halogens is 1. The minimum atomic E-state index is -0.289. The number of rotatable bonds is 5. The molecule has 1 atom stereocenters. The molecule has 1 aromatic heterocycles. The summed E-state index contributed by atoms with van der Waals surface area (Å²) in [5, 5.41) is 3.26. The van der Waals surface area contributed by atoms with Gasteiger partial charge in [0.25, 0.3) is 0 Å². The summed E-state index contributed by atoms with van der Waals surface area (Å²) in [6.07, 6.45) is 1.70. The Labute approximate surface area is 112 Å². The summed E-state index contributed by atoms with van der Waals surface area (Å²) in [6.45, 7) is 4.52. The molecule has 3 nitrogen and oxygen atoms in total. The van der Waals surface area contributed by atoms with Crippen LogP contribution in [0.2, 0.25) is 0 Å². The van der Waals surface area contributed by atoms with Gasteiger partial charge in [-0.2, -0.15) is 0 Å². The number of nitrogens with zero attached hydrogens (tertiary/aromatic N) is 1. The lowest BCUT2D eigenvalue weighted by Gasteiger charge is -2.16. The van der Waals surface area contributed by atoms with E-state index in [0.29, 0.717) is 12.3 Å². The van der Waals surface area contributed by atoms with E-state index in [4.69, 9.17) is 4.74 Å². The number of hydrogen-bond acceptors (Lipinski definition) is 3. The standard InChI is InChI=1S/C15H17FN2O/c1-11-8-14(6-7-17-11)18-10-12(2)19-15-5-3-4-13(16)9-15/h3-9,12H,10H2,1-2H3,(H,17,18). The molecule has 100 valence electrons. The zero-order chi connectivity index (χ0) is 13.7. The normalized spacial score (nSPS) is 11.9. The number of nitrogens with one attached hydrogen (secondary N) is 1. The van der Waals surface area contributed by atoms with E-state index >= 15 is 0 Å². The first-order valence-corrected chi connectivity index (χ1v) is 6.22. The van der Waals surface area contributed by atoms with Crippen LogP contribution in [0.3, 0.4) is 0 Å². The Balaban J connectivity index is 1.86. The van der Waals surface area contributed by atoms with Crippen molar-refractivity contribution in [2.45, 2.75) is 20.0 Å². The van der Waals surface area contributed by atoms with Gasteiger partial charge in [-0.15, -0.1) is 0 Å². The smallest absolute Gasteiger partial charge is 0.126 e. The van der Waals surface area contributed by atoms with Gasteiger partial charge in [-0.3, -0.25) is 4.98 Å². The van der Waals surface area contributed by atoms with Crippen molar-refractivity contribution in [2.24, 2.45) is 0 Å². The van der Waals surface area contributed by atoms with Crippen LogP contribution in [0.4, 0.5) is 10.1 Å². The van der Waals surface area contributed by atoms with Gasteiger partial charge < -0.3 is 10.1 Å². The summed E-state index contributed by atoms with van der Waals surface area (Å²) >= 11 is 0. The molecule has 1 heterocycles. The minimum absolute atomic E-state index is 0.0599. The van der Waals surface area contributed by atoms with Crippen molar-refractivity contribution in [1.29, 1.82) is 0 Å². The van der Waals surface area contributed by atoms with Crippen molar-refractivity contribution in [1.82, 2.24) is 4.98 Å². The summed E-state index contributed by atoms with van der Waals surface area (Å²) in [5.41, 5.74) is 1.96. The number of aryl methyl sites for hydroxylation is 1. The lowest BCUT2D eigenvalue weighted by Crippen LogP contribution is -2.22. The monoisotopic (exact) mass is 260 g/mol. The van der Waals surface area contributed by atoms with Crippen LogP contribution >= 0.6 is 0 Å². The maximum atomic E-state index is 13.0. The van der Waals surface area contributed by atoms with Crippen LogP contribution in [0, 0.1) is 12.7 Å². The highest BCUT2D eigenvalue weighted by molar-refractivity contribution is 5.43. The van der Waals surface area contributed by atoms with Gasteiger partial charge in [0.1, 0.15) is 17.7 Å². The Bertz CT molecular complexity index is 545. The number of benzene rings is 1. The van der Waals surface area contributed by atoms with Gasteiger partial charge in [0.05, 0.1) is 6.54 Å². The van der Waals surface area contributed by atoms with Crippen LogP contribution in [0.1, 0.15) is 12.6 Å². The molecule has 1 aromatic carbocycles. The molecule has 1 unspecified atom stereocenters. The molecule has 1 N–H and O–H groups in total. The van der Waals surface area contributed by atoms with E-state index in [1.165, 1.54) is 12.1 Å². The fourth-order valence-electron chi connectivity index (χ4n) is 1.73. The van der Waals surface area contributed by atoms with Crippen molar-refractivity contribution >= 4 is 5.69 Å². The van der Waals surface area contributed by atoms with Crippen molar-refractivity contribution < 1.29 is 9.13 Å². The van der Waals surface area contributed by atoms with Gasteiger partial charge in [0, 0.05) is 23.6 Å². The molecule has 0 fully saturated rings. The minimum Gasteiger partial charge on any atom is -0.489 e. The maximum absolute atomic E-state index is 13.0. The Kier molecular flexibility index (Phi) is 4.34. The second-order valence-electron chi connectivity index (χ2n) is 4.45. The molecule has 0 aliphatic carbocycles. The van der Waals surface area contributed by atoms with Gasteiger partial charge >= 0.3 is 0 Å². The van der Waals surface area contributed by atoms with Crippen molar-refractivity contribution in [3.05, 3.63) is 54.1 Å². The van der Waals surface area contributed by atoms with Gasteiger partial charge in [0.15, 0.2) is 0 Å². The first-order valence-electron chi connectivity index (χ1n) is 6.22. The fourth-order valence-corrected chi connectivity index (χ4v) is 1.73. The molecule has 0 aliphatic rings. The van der Waals surface area contributed by atoms with E-state index in [2.05, 4.69) is 10.3 Å². The zero-order valence-electron chi connectivity index (χ0n) is 11.1. The third-order valence-electron chi connectivity index (χ3n) is 2.62. The largest absolute Gasteiger partial charge is 0.489 e. The van der Waals surface area contributed by atoms with E-state index in [1.807, 2.05) is 26.0 Å². The predicted octanol–water partition coefficient (Wildman–Crippen LogP) is 3.41. The zero-order valence-corrected chi connectivity index (χ0v) is 11.1. The van der Waals surface area contributed by atoms with Crippen molar-refractivity contribution in [3.8, 4) is 5.75 Å². The first kappa shape index (κ1) is 13.3. The summed E-state index contributed by atoms with van der Waals surface area (Å²) < 4.78 is 18.6. The average Bonchev–Trinajstić information content (AvgIpc) is 2.36. The van der Waals surface area contributed by atoms with E-state index < -0.39 is 0 Å². The number of pyridine rings is 1. The Morgan fingerprint density at radius 3 is 2.89 bits per heavy atom. The highest BCUT2D eigenvalue weighted by Crippen LogP contribution is 2.14. The SMILES string of the molecule is Cc1cc(NCC(C)Oc2cccc(F)c2)ccn1. The molecule has 0 bridgehead atoms. The van der Waals surface area contributed by atoms with Crippen LogP contribution in [-0.2, 0) is 0 Å². The number of hydrogen-bond donors (Lipinski definition) is 1. The van der Waals surface area contributed by atoms with Gasteiger partial charge in [-0.1, -0.05) is 6.07 Å². The number of anilines is 1. The highest BCUT2D eigenvalue weighted by Gasteiger charge is 2.05. The molecule has 0 aliphatic heterocycles. The molecular formula is C15H17FN2O. The summed E-state index contributed by atoms with van der Waals surface area (Å²) in [5.74, 6) is 0.252. The fraction of sp³-hybridized carbons (Fsp3) is 0.267. The van der Waals surface area contributed by atoms with Gasteiger partial charge in [0.2, 0.25) is 0 Å². The van der Waals surface area contributed by atoms with Crippen molar-refractivity contribution in [3.63, 3.8) is 0 Å². The molecule has 0 amide bonds. The second-order valence-corrected chi connectivity index (χ2v) is 4.45. The van der Waals surface area contributed by atoms with E-state index in [9.17, 15) is 4.39 Å². The molecule has 2 rings (SSSR count). The Morgan fingerprint density at radius 1 is 1.32 bits per heavy atom. The topological polar surface area (TPSA) is 34.1 Å². The maximum Gasteiger partial charge on any atom is 0.126 e. The first-order chi connectivity index (χ1) is 9.13. The van der Waals surface area contributed by atoms with Gasteiger partial charge in [-0.05, 0) is 38.1 Å². The van der Waals surface area contributed by atoms with Crippen molar-refractivity contribution in [2.75, 3.05) is 11.9 Å². The van der Waals surface area contributed by atoms with E-state index in [0.717, 1.165) is 11.4 Å². The van der Waals surface area contributed by atoms with Crippen LogP contribution in [0.5, 0.6) is 5.75 Å². The number of aromatic nitrogens is 1. The molecule has 0 spiro atoms. The molecule has 0 saturated carbocycles. The molecule has 19 heavy (non-hydrogen) atoms.